The molecule has 0 aromatic heterocycles. The fourth-order valence-corrected chi connectivity index (χ4v) is 4.50. The summed E-state index contributed by atoms with van der Waals surface area (Å²) in [6.07, 6.45) is 0. The Bertz CT molecular complexity index is 1190. The van der Waals surface area contributed by atoms with Crippen molar-refractivity contribution in [2.24, 2.45) is 5.92 Å². The number of carbonyl (C=O) groups is 2. The number of carbonyl (C=O) groups excluding carboxylic acids is 2. The van der Waals surface area contributed by atoms with Crippen molar-refractivity contribution in [3.8, 4) is 0 Å². The largest absolute Gasteiger partial charge is 0.346 e. The smallest absolute Gasteiger partial charge is 0.326 e. The number of anilines is 1. The van der Waals surface area contributed by atoms with Gasteiger partial charge in [0.25, 0.3) is 5.91 Å². The predicted octanol–water partition coefficient (Wildman–Crippen LogP) is 6.82. The van der Waals surface area contributed by atoms with Crippen LogP contribution in [0.5, 0.6) is 0 Å². The van der Waals surface area contributed by atoms with Gasteiger partial charge >= 0.3 is 11.8 Å². The van der Waals surface area contributed by atoms with Crippen LogP contribution in [0.1, 0.15) is 28.8 Å². The highest BCUT2D eigenvalue weighted by atomic mass is 35.5. The van der Waals surface area contributed by atoms with Crippen LogP contribution in [0.25, 0.3) is 0 Å². The Morgan fingerprint density at radius 3 is 2.23 bits per heavy atom. The molecule has 3 rings (SSSR count). The first kappa shape index (κ1) is 27.7. The van der Waals surface area contributed by atoms with Gasteiger partial charge in [-0.3, -0.25) is 9.59 Å². The van der Waals surface area contributed by atoms with Crippen LogP contribution in [-0.2, 0) is 4.79 Å². The third kappa shape index (κ3) is 5.60. The van der Waals surface area contributed by atoms with E-state index in [1.807, 2.05) is 0 Å². The van der Waals surface area contributed by atoms with Gasteiger partial charge in [-0.15, -0.1) is 23.2 Å². The van der Waals surface area contributed by atoms with Crippen LogP contribution < -0.4 is 10.6 Å². The molecule has 2 aromatic rings. The minimum Gasteiger partial charge on any atom is -0.346 e. The number of halogens is 10. The van der Waals surface area contributed by atoms with E-state index in [1.165, 1.54) is 17.4 Å². The summed E-state index contributed by atoms with van der Waals surface area (Å²) in [6, 6.07) is 5.35. The molecule has 0 heterocycles. The minimum atomic E-state index is -4.61. The molecule has 0 aliphatic heterocycles. The summed E-state index contributed by atoms with van der Waals surface area (Å²) in [4.78, 5) is 25.0. The number of rotatable bonds is 7. The highest BCUT2D eigenvalue weighted by Gasteiger charge is 2.67. The minimum absolute atomic E-state index is 0.0361. The van der Waals surface area contributed by atoms with Crippen LogP contribution in [0.15, 0.2) is 30.3 Å². The van der Waals surface area contributed by atoms with Gasteiger partial charge in [-0.05, 0) is 29.8 Å². The summed E-state index contributed by atoms with van der Waals surface area (Å²) >= 11 is 23.9. The van der Waals surface area contributed by atoms with Gasteiger partial charge in [0.1, 0.15) is 10.2 Å². The van der Waals surface area contributed by atoms with Gasteiger partial charge in [0.15, 0.2) is 5.82 Å². The second-order valence-electron chi connectivity index (χ2n) is 7.89. The van der Waals surface area contributed by atoms with Gasteiger partial charge in [0.2, 0.25) is 5.91 Å². The quantitative estimate of drug-likeness (QED) is 0.278. The van der Waals surface area contributed by atoms with Crippen molar-refractivity contribution < 1.29 is 35.9 Å². The Hall–Kier alpha value is -1.88. The Labute approximate surface area is 214 Å². The molecule has 35 heavy (non-hydrogen) atoms. The summed E-state index contributed by atoms with van der Waals surface area (Å²) in [5, 5.41) is 2.96. The van der Waals surface area contributed by atoms with E-state index in [0.717, 1.165) is 18.2 Å². The van der Waals surface area contributed by atoms with Gasteiger partial charge in [-0.25, -0.2) is 17.6 Å². The molecule has 1 aliphatic rings. The second kappa shape index (κ2) is 9.53. The van der Waals surface area contributed by atoms with Crippen LogP contribution in [0.2, 0.25) is 10.0 Å². The molecule has 1 fully saturated rings. The van der Waals surface area contributed by atoms with Gasteiger partial charge < -0.3 is 10.6 Å². The third-order valence-corrected chi connectivity index (χ3v) is 6.80. The topological polar surface area (TPSA) is 58.2 Å². The van der Waals surface area contributed by atoms with Crippen LogP contribution in [0.3, 0.4) is 0 Å². The van der Waals surface area contributed by atoms with Crippen molar-refractivity contribution >= 4 is 63.9 Å². The zero-order chi connectivity index (χ0) is 26.5. The Morgan fingerprint density at radius 2 is 1.66 bits per heavy atom. The number of amides is 2. The van der Waals surface area contributed by atoms with Crippen molar-refractivity contribution in [1.29, 1.82) is 0 Å². The average molecular weight is 582 g/mol. The van der Waals surface area contributed by atoms with Crippen LogP contribution >= 0.6 is 46.4 Å². The summed E-state index contributed by atoms with van der Waals surface area (Å²) in [5.74, 6) is -15.2. The molecule has 190 valence electrons. The maximum absolute atomic E-state index is 14.3. The molecular formula is C21H14Cl4F6N2O2. The Kier molecular flexibility index (Phi) is 7.55. The van der Waals surface area contributed by atoms with Crippen molar-refractivity contribution in [2.45, 2.75) is 29.0 Å². The number of alkyl halides is 6. The van der Waals surface area contributed by atoms with Crippen molar-refractivity contribution in [3.63, 3.8) is 0 Å². The van der Waals surface area contributed by atoms with E-state index in [4.69, 9.17) is 46.4 Å². The molecule has 0 spiro atoms. The van der Waals surface area contributed by atoms with E-state index in [1.54, 1.807) is 0 Å². The molecule has 14 heteroatoms. The van der Waals surface area contributed by atoms with Crippen molar-refractivity contribution in [3.05, 3.63) is 63.1 Å². The van der Waals surface area contributed by atoms with E-state index < -0.39 is 68.6 Å². The van der Waals surface area contributed by atoms with E-state index in [9.17, 15) is 35.9 Å². The van der Waals surface area contributed by atoms with E-state index in [2.05, 4.69) is 5.32 Å². The molecule has 4 nitrogen and oxygen atoms in total. The summed E-state index contributed by atoms with van der Waals surface area (Å²) < 4.78 is 79.0. The molecule has 0 bridgehead atoms. The standard InChI is InChI=1S/C21H14Cl4F6N2O2/c1-19(28,29)20(30,31)7-32-17(34)10-5-9(6-12(23)16(10)27)33-18(35)15-14(21(15,24)25)8-2-3-13(26)11(22)4-8/h2-6,14-15H,7H2,1H3,(H,32,34)(H,33,35). The van der Waals surface area contributed by atoms with Gasteiger partial charge in [0, 0.05) is 18.5 Å². The molecule has 2 unspecified atom stereocenters. The zero-order valence-corrected chi connectivity index (χ0v) is 20.4. The molecule has 0 radical (unpaired) electrons. The molecular weight excluding hydrogens is 568 g/mol. The third-order valence-electron chi connectivity index (χ3n) is 5.29. The number of hydrogen-bond donors (Lipinski definition) is 2. The molecule has 2 atom stereocenters. The molecule has 2 amide bonds. The lowest BCUT2D eigenvalue weighted by Crippen LogP contribution is -2.47. The van der Waals surface area contributed by atoms with Crippen LogP contribution in [0, 0.1) is 17.6 Å². The van der Waals surface area contributed by atoms with E-state index >= 15 is 0 Å². The summed E-state index contributed by atoms with van der Waals surface area (Å²) in [5.41, 5.74) is -0.748. The SMILES string of the molecule is CC(F)(F)C(F)(F)CNC(=O)c1cc(NC(=O)C2C(c3ccc(F)c(Cl)c3)C2(Cl)Cl)cc(Cl)c1F. The fraction of sp³-hybridized carbons (Fsp3) is 0.333. The molecule has 1 saturated carbocycles. The van der Waals surface area contributed by atoms with Crippen LogP contribution in [-0.4, -0.2) is 34.5 Å². The summed E-state index contributed by atoms with van der Waals surface area (Å²) in [6.45, 7) is -1.82. The monoisotopic (exact) mass is 580 g/mol. The maximum Gasteiger partial charge on any atom is 0.326 e. The average Bonchev–Trinajstić information content (AvgIpc) is 3.32. The molecule has 2 N–H and O–H groups in total. The highest BCUT2D eigenvalue weighted by molar-refractivity contribution is 6.53. The van der Waals surface area contributed by atoms with Crippen molar-refractivity contribution in [1.82, 2.24) is 5.32 Å². The Balaban J connectivity index is 1.78. The van der Waals surface area contributed by atoms with Crippen molar-refractivity contribution in [2.75, 3.05) is 11.9 Å². The summed E-state index contributed by atoms with van der Waals surface area (Å²) in [7, 11) is 0. The first-order valence-electron chi connectivity index (χ1n) is 9.64. The first-order valence-corrected chi connectivity index (χ1v) is 11.1. The van der Waals surface area contributed by atoms with Gasteiger partial charge in [0.05, 0.1) is 28.1 Å². The van der Waals surface area contributed by atoms with E-state index in [0.29, 0.717) is 5.56 Å². The lowest BCUT2D eigenvalue weighted by atomic mass is 10.1. The normalized spacial score (nSPS) is 19.3. The molecule has 2 aromatic carbocycles. The number of benzene rings is 2. The predicted molar refractivity (Wildman–Crippen MR) is 120 cm³/mol. The number of nitrogens with one attached hydrogen (secondary N) is 2. The Morgan fingerprint density at radius 1 is 1.03 bits per heavy atom. The fourth-order valence-electron chi connectivity index (χ4n) is 3.26. The highest BCUT2D eigenvalue weighted by Crippen LogP contribution is 2.65. The van der Waals surface area contributed by atoms with Crippen LogP contribution in [0.4, 0.5) is 32.0 Å². The molecule has 0 saturated heterocycles. The lowest BCUT2D eigenvalue weighted by molar-refractivity contribution is -0.193. The number of hydrogen-bond acceptors (Lipinski definition) is 2. The lowest BCUT2D eigenvalue weighted by Gasteiger charge is -2.23. The van der Waals surface area contributed by atoms with Gasteiger partial charge in [-0.1, -0.05) is 29.3 Å². The molecule has 1 aliphatic carbocycles. The second-order valence-corrected chi connectivity index (χ2v) is 10.1. The first-order chi connectivity index (χ1) is 16.0. The maximum atomic E-state index is 14.3. The zero-order valence-electron chi connectivity index (χ0n) is 17.3. The van der Waals surface area contributed by atoms with E-state index in [-0.39, 0.29) is 17.6 Å². The van der Waals surface area contributed by atoms with Gasteiger partial charge in [-0.2, -0.15) is 8.78 Å².